The molecule has 0 spiro atoms. The zero-order chi connectivity index (χ0) is 11.2. The maximum Gasteiger partial charge on any atom is 0.314 e. The van der Waals surface area contributed by atoms with Gasteiger partial charge in [0.05, 0.1) is 5.41 Å². The lowest BCUT2D eigenvalue weighted by Crippen LogP contribution is -2.22. The number of aliphatic carboxylic acids is 1. The molecule has 0 heterocycles. The van der Waals surface area contributed by atoms with Crippen LogP contribution in [0.15, 0.2) is 18.2 Å². The molecule has 4 heteroatoms. The van der Waals surface area contributed by atoms with Crippen LogP contribution in [0, 0.1) is 5.92 Å². The van der Waals surface area contributed by atoms with Gasteiger partial charge in [0.15, 0.2) is 0 Å². The van der Waals surface area contributed by atoms with Gasteiger partial charge in [-0.15, -0.1) is 0 Å². The Morgan fingerprint density at radius 2 is 1.93 bits per heavy atom. The van der Waals surface area contributed by atoms with Gasteiger partial charge in [0, 0.05) is 15.6 Å². The molecule has 1 aromatic carbocycles. The smallest absolute Gasteiger partial charge is 0.314 e. The summed E-state index contributed by atoms with van der Waals surface area (Å²) in [6.07, 6.45) is 0.603. The number of halogens is 2. The quantitative estimate of drug-likeness (QED) is 0.867. The van der Waals surface area contributed by atoms with Crippen molar-refractivity contribution < 1.29 is 9.90 Å². The average molecular weight is 245 g/mol. The molecule has 1 aliphatic carbocycles. The van der Waals surface area contributed by atoms with Gasteiger partial charge in [-0.2, -0.15) is 0 Å². The first-order valence-corrected chi connectivity index (χ1v) is 5.43. The summed E-state index contributed by atoms with van der Waals surface area (Å²) in [7, 11) is 0. The van der Waals surface area contributed by atoms with Gasteiger partial charge in [0.2, 0.25) is 0 Å². The highest BCUT2D eigenvalue weighted by atomic mass is 35.5. The van der Waals surface area contributed by atoms with E-state index in [0.717, 1.165) is 0 Å². The second kappa shape index (κ2) is 3.39. The van der Waals surface area contributed by atoms with Gasteiger partial charge in [-0.25, -0.2) is 0 Å². The topological polar surface area (TPSA) is 37.3 Å². The molecular weight excluding hydrogens is 235 g/mol. The van der Waals surface area contributed by atoms with Crippen molar-refractivity contribution >= 4 is 29.2 Å². The van der Waals surface area contributed by atoms with Gasteiger partial charge < -0.3 is 5.11 Å². The van der Waals surface area contributed by atoms with Crippen molar-refractivity contribution in [3.63, 3.8) is 0 Å². The third kappa shape index (κ3) is 1.44. The van der Waals surface area contributed by atoms with E-state index in [2.05, 4.69) is 0 Å². The van der Waals surface area contributed by atoms with Crippen molar-refractivity contribution in [3.05, 3.63) is 33.8 Å². The zero-order valence-corrected chi connectivity index (χ0v) is 9.64. The Kier molecular flexibility index (Phi) is 2.44. The number of carbonyl (C=O) groups is 1. The van der Waals surface area contributed by atoms with Crippen LogP contribution in [0.2, 0.25) is 10.0 Å². The van der Waals surface area contributed by atoms with Crippen LogP contribution in [0.1, 0.15) is 18.9 Å². The van der Waals surface area contributed by atoms with Gasteiger partial charge in [-0.3, -0.25) is 4.79 Å². The molecule has 1 saturated carbocycles. The van der Waals surface area contributed by atoms with Gasteiger partial charge >= 0.3 is 5.97 Å². The summed E-state index contributed by atoms with van der Waals surface area (Å²) in [5, 5.41) is 10.1. The molecule has 0 saturated heterocycles. The second-order valence-electron chi connectivity index (χ2n) is 3.98. The molecular formula is C11H10Cl2O2. The molecule has 0 aliphatic heterocycles. The maximum absolute atomic E-state index is 11.3. The zero-order valence-electron chi connectivity index (χ0n) is 8.13. The van der Waals surface area contributed by atoms with Crippen LogP contribution >= 0.6 is 23.2 Å². The van der Waals surface area contributed by atoms with E-state index in [1.54, 1.807) is 18.2 Å². The standard InChI is InChI=1S/C11H10Cl2O2/c1-6-5-11(6,10(14)15)9-7(12)3-2-4-8(9)13/h2-4,6H,5H2,1H3,(H,14,15). The Balaban J connectivity index is 2.59. The first kappa shape index (κ1) is 10.8. The number of carboxylic acids is 1. The molecule has 0 aromatic heterocycles. The van der Waals surface area contributed by atoms with Crippen molar-refractivity contribution in [2.45, 2.75) is 18.8 Å². The molecule has 0 bridgehead atoms. The van der Waals surface area contributed by atoms with Crippen molar-refractivity contribution in [2.24, 2.45) is 5.92 Å². The normalized spacial score (nSPS) is 28.9. The Morgan fingerprint density at radius 1 is 1.47 bits per heavy atom. The highest BCUT2D eigenvalue weighted by Gasteiger charge is 2.60. The molecule has 2 atom stereocenters. The van der Waals surface area contributed by atoms with Gasteiger partial charge in [-0.1, -0.05) is 36.2 Å². The van der Waals surface area contributed by atoms with Crippen LogP contribution in [0.25, 0.3) is 0 Å². The fourth-order valence-corrected chi connectivity index (χ4v) is 2.84. The van der Waals surface area contributed by atoms with Crippen LogP contribution in [-0.2, 0) is 10.2 Å². The molecule has 1 aromatic rings. The first-order chi connectivity index (χ1) is 7.00. The SMILES string of the molecule is CC1CC1(C(=O)O)c1c(Cl)cccc1Cl. The van der Waals surface area contributed by atoms with E-state index in [0.29, 0.717) is 22.0 Å². The lowest BCUT2D eigenvalue weighted by molar-refractivity contribution is -0.140. The Morgan fingerprint density at radius 3 is 2.27 bits per heavy atom. The molecule has 1 N–H and O–H groups in total. The van der Waals surface area contributed by atoms with E-state index >= 15 is 0 Å². The lowest BCUT2D eigenvalue weighted by Gasteiger charge is -2.15. The molecule has 2 unspecified atom stereocenters. The maximum atomic E-state index is 11.3. The van der Waals surface area contributed by atoms with E-state index in [1.165, 1.54) is 0 Å². The minimum absolute atomic E-state index is 0.0902. The third-order valence-electron chi connectivity index (χ3n) is 3.10. The third-order valence-corrected chi connectivity index (χ3v) is 3.73. The summed E-state index contributed by atoms with van der Waals surface area (Å²) < 4.78 is 0. The van der Waals surface area contributed by atoms with Crippen LogP contribution in [0.5, 0.6) is 0 Å². The minimum Gasteiger partial charge on any atom is -0.481 e. The number of hydrogen-bond acceptors (Lipinski definition) is 1. The lowest BCUT2D eigenvalue weighted by atomic mass is 9.93. The molecule has 1 aliphatic rings. The van der Waals surface area contributed by atoms with E-state index in [1.807, 2.05) is 6.92 Å². The molecule has 2 rings (SSSR count). The highest BCUT2D eigenvalue weighted by Crippen LogP contribution is 2.57. The molecule has 2 nitrogen and oxygen atoms in total. The van der Waals surface area contributed by atoms with Crippen molar-refractivity contribution in [2.75, 3.05) is 0 Å². The fraction of sp³-hybridized carbons (Fsp3) is 0.364. The first-order valence-electron chi connectivity index (χ1n) is 4.68. The summed E-state index contributed by atoms with van der Waals surface area (Å²) in [4.78, 5) is 11.3. The largest absolute Gasteiger partial charge is 0.481 e. The summed E-state index contributed by atoms with van der Waals surface area (Å²) in [6, 6.07) is 5.08. The molecule has 15 heavy (non-hydrogen) atoms. The van der Waals surface area contributed by atoms with Gasteiger partial charge in [0.25, 0.3) is 0 Å². The van der Waals surface area contributed by atoms with Crippen molar-refractivity contribution in [3.8, 4) is 0 Å². The second-order valence-corrected chi connectivity index (χ2v) is 4.79. The summed E-state index contributed by atoms with van der Waals surface area (Å²) in [6.45, 7) is 1.90. The summed E-state index contributed by atoms with van der Waals surface area (Å²) >= 11 is 12.0. The van der Waals surface area contributed by atoms with Crippen molar-refractivity contribution in [1.29, 1.82) is 0 Å². The Hall–Kier alpha value is -0.730. The number of benzene rings is 1. The predicted octanol–water partition coefficient (Wildman–Crippen LogP) is 3.36. The van der Waals surface area contributed by atoms with Crippen molar-refractivity contribution in [1.82, 2.24) is 0 Å². The van der Waals surface area contributed by atoms with Crippen LogP contribution in [0.4, 0.5) is 0 Å². The molecule has 80 valence electrons. The highest BCUT2D eigenvalue weighted by molar-refractivity contribution is 6.36. The van der Waals surface area contributed by atoms with Gasteiger partial charge in [-0.05, 0) is 24.5 Å². The molecule has 0 amide bonds. The molecule has 0 radical (unpaired) electrons. The Bertz CT molecular complexity index is 410. The average Bonchev–Trinajstić information content (AvgIpc) is 2.78. The number of rotatable bonds is 2. The predicted molar refractivity (Wildman–Crippen MR) is 59.6 cm³/mol. The fourth-order valence-electron chi connectivity index (χ4n) is 2.10. The minimum atomic E-state index is -0.866. The van der Waals surface area contributed by atoms with E-state index in [4.69, 9.17) is 23.2 Å². The van der Waals surface area contributed by atoms with E-state index < -0.39 is 11.4 Å². The van der Waals surface area contributed by atoms with Crippen LogP contribution in [-0.4, -0.2) is 11.1 Å². The van der Waals surface area contributed by atoms with E-state index in [9.17, 15) is 9.90 Å². The van der Waals surface area contributed by atoms with Crippen LogP contribution in [0.3, 0.4) is 0 Å². The summed E-state index contributed by atoms with van der Waals surface area (Å²) in [5.74, 6) is -0.752. The molecule has 1 fully saturated rings. The van der Waals surface area contributed by atoms with E-state index in [-0.39, 0.29) is 5.92 Å². The Labute approximate surface area is 97.8 Å². The monoisotopic (exact) mass is 244 g/mol. The number of hydrogen-bond donors (Lipinski definition) is 1. The van der Waals surface area contributed by atoms with Crippen LogP contribution < -0.4 is 0 Å². The number of carboxylic acid groups (broad SMARTS) is 1. The summed E-state index contributed by atoms with van der Waals surface area (Å²) in [5.41, 5.74) is -0.302. The van der Waals surface area contributed by atoms with Gasteiger partial charge in [0.1, 0.15) is 0 Å².